The van der Waals surface area contributed by atoms with Gasteiger partial charge >= 0.3 is 6.18 Å². The van der Waals surface area contributed by atoms with E-state index < -0.39 is 11.2 Å². The summed E-state index contributed by atoms with van der Waals surface area (Å²) in [5.74, 6) is -0.279. The zero-order valence-corrected chi connectivity index (χ0v) is 10.6. The van der Waals surface area contributed by atoms with Crippen LogP contribution >= 0.6 is 11.3 Å². The Kier molecular flexibility index (Phi) is 4.04. The van der Waals surface area contributed by atoms with E-state index in [1.54, 1.807) is 0 Å². The first-order valence-corrected chi connectivity index (χ1v) is 6.87. The van der Waals surface area contributed by atoms with Crippen molar-refractivity contribution in [3.05, 3.63) is 16.1 Å². The van der Waals surface area contributed by atoms with Gasteiger partial charge in [-0.1, -0.05) is 25.7 Å². The van der Waals surface area contributed by atoms with Crippen molar-refractivity contribution in [1.29, 1.82) is 0 Å². The number of hydrogen-bond acceptors (Lipinski definition) is 3. The van der Waals surface area contributed by atoms with E-state index in [1.165, 1.54) is 0 Å². The van der Waals surface area contributed by atoms with Crippen LogP contribution < -0.4 is 0 Å². The SMILES string of the molecule is O=C(c1cnc(C(F)(F)F)s1)C1CCCCCC1. The number of alkyl halides is 3. The van der Waals surface area contributed by atoms with Gasteiger partial charge in [0.15, 0.2) is 10.8 Å². The molecule has 0 unspecified atom stereocenters. The Morgan fingerprint density at radius 1 is 1.22 bits per heavy atom. The van der Waals surface area contributed by atoms with Crippen molar-refractivity contribution in [2.24, 2.45) is 5.92 Å². The maximum Gasteiger partial charge on any atom is 0.443 e. The molecule has 0 aliphatic heterocycles. The minimum absolute atomic E-state index is 0.117. The van der Waals surface area contributed by atoms with Gasteiger partial charge in [-0.3, -0.25) is 4.79 Å². The molecule has 2 rings (SSSR count). The molecule has 1 fully saturated rings. The molecule has 0 bridgehead atoms. The van der Waals surface area contributed by atoms with Gasteiger partial charge in [-0.15, -0.1) is 11.3 Å². The molecule has 1 aliphatic rings. The summed E-state index contributed by atoms with van der Waals surface area (Å²) in [5, 5.41) is -0.931. The Bertz CT molecular complexity index is 419. The Balaban J connectivity index is 2.10. The second kappa shape index (κ2) is 5.38. The highest BCUT2D eigenvalue weighted by Gasteiger charge is 2.35. The van der Waals surface area contributed by atoms with Gasteiger partial charge in [0, 0.05) is 12.1 Å². The van der Waals surface area contributed by atoms with E-state index in [4.69, 9.17) is 0 Å². The Hall–Kier alpha value is -0.910. The van der Waals surface area contributed by atoms with E-state index in [2.05, 4.69) is 4.98 Å². The zero-order chi connectivity index (χ0) is 13.2. The molecular weight excluding hydrogens is 263 g/mol. The van der Waals surface area contributed by atoms with Crippen molar-refractivity contribution in [3.63, 3.8) is 0 Å². The van der Waals surface area contributed by atoms with Gasteiger partial charge in [0.1, 0.15) is 0 Å². The lowest BCUT2D eigenvalue weighted by Gasteiger charge is -2.10. The number of aromatic nitrogens is 1. The highest BCUT2D eigenvalue weighted by molar-refractivity contribution is 7.13. The summed E-state index contributed by atoms with van der Waals surface area (Å²) < 4.78 is 37.2. The first-order valence-electron chi connectivity index (χ1n) is 6.05. The minimum Gasteiger partial charge on any atom is -0.293 e. The van der Waals surface area contributed by atoms with Gasteiger partial charge in [-0.2, -0.15) is 13.2 Å². The number of hydrogen-bond donors (Lipinski definition) is 0. The molecule has 1 aromatic heterocycles. The summed E-state index contributed by atoms with van der Waals surface area (Å²) in [6.45, 7) is 0. The Morgan fingerprint density at radius 3 is 2.33 bits per heavy atom. The van der Waals surface area contributed by atoms with Crippen LogP contribution in [0.25, 0.3) is 0 Å². The fourth-order valence-corrected chi connectivity index (χ4v) is 3.06. The number of rotatable bonds is 2. The molecule has 2 nitrogen and oxygen atoms in total. The van der Waals surface area contributed by atoms with E-state index in [1.807, 2.05) is 0 Å². The summed E-state index contributed by atoms with van der Waals surface area (Å²) in [6, 6.07) is 0. The summed E-state index contributed by atoms with van der Waals surface area (Å²) in [5.41, 5.74) is 0. The number of Topliss-reactive ketones (excluding diaryl/α,β-unsaturated/α-hetero) is 1. The predicted molar refractivity (Wildman–Crippen MR) is 62.6 cm³/mol. The monoisotopic (exact) mass is 277 g/mol. The number of carbonyl (C=O) groups excluding carboxylic acids is 1. The second-order valence-corrected chi connectivity index (χ2v) is 5.61. The van der Waals surface area contributed by atoms with E-state index in [0.29, 0.717) is 11.3 Å². The molecule has 100 valence electrons. The summed E-state index contributed by atoms with van der Waals surface area (Å²) in [7, 11) is 0. The lowest BCUT2D eigenvalue weighted by atomic mass is 9.95. The van der Waals surface area contributed by atoms with Crippen molar-refractivity contribution >= 4 is 17.1 Å². The van der Waals surface area contributed by atoms with Crippen molar-refractivity contribution in [2.45, 2.75) is 44.7 Å². The molecule has 0 atom stereocenters. The number of halogens is 3. The van der Waals surface area contributed by atoms with Crippen LogP contribution in [0.2, 0.25) is 0 Å². The molecule has 6 heteroatoms. The largest absolute Gasteiger partial charge is 0.443 e. The molecule has 0 amide bonds. The average molecular weight is 277 g/mol. The van der Waals surface area contributed by atoms with Crippen molar-refractivity contribution in [2.75, 3.05) is 0 Å². The van der Waals surface area contributed by atoms with Crippen LogP contribution in [0.4, 0.5) is 13.2 Å². The minimum atomic E-state index is -4.45. The topological polar surface area (TPSA) is 30.0 Å². The Labute approximate surface area is 107 Å². The van der Waals surface area contributed by atoms with Crippen LogP contribution in [-0.2, 0) is 6.18 Å². The zero-order valence-electron chi connectivity index (χ0n) is 9.79. The summed E-state index contributed by atoms with van der Waals surface area (Å²) in [6.07, 6.45) is 2.40. The van der Waals surface area contributed by atoms with Gasteiger partial charge in [0.2, 0.25) is 0 Å². The molecule has 0 radical (unpaired) electrons. The first-order chi connectivity index (χ1) is 8.48. The molecule has 0 spiro atoms. The van der Waals surface area contributed by atoms with Gasteiger partial charge in [0.25, 0.3) is 0 Å². The maximum atomic E-state index is 12.4. The van der Waals surface area contributed by atoms with E-state index >= 15 is 0 Å². The van der Waals surface area contributed by atoms with E-state index in [9.17, 15) is 18.0 Å². The fourth-order valence-electron chi connectivity index (χ4n) is 2.26. The molecule has 0 saturated heterocycles. The van der Waals surface area contributed by atoms with Crippen LogP contribution in [0.1, 0.15) is 53.2 Å². The number of ketones is 1. The van der Waals surface area contributed by atoms with Gasteiger partial charge < -0.3 is 0 Å². The lowest BCUT2D eigenvalue weighted by molar-refractivity contribution is -0.137. The number of carbonyl (C=O) groups is 1. The molecule has 0 aromatic carbocycles. The second-order valence-electron chi connectivity index (χ2n) is 4.58. The van der Waals surface area contributed by atoms with Gasteiger partial charge in [-0.25, -0.2) is 4.98 Å². The maximum absolute atomic E-state index is 12.4. The Morgan fingerprint density at radius 2 is 1.83 bits per heavy atom. The molecule has 1 aromatic rings. The van der Waals surface area contributed by atoms with Crippen LogP contribution in [-0.4, -0.2) is 10.8 Å². The highest BCUT2D eigenvalue weighted by atomic mass is 32.1. The third-order valence-corrected chi connectivity index (χ3v) is 4.27. The normalized spacial score (nSPS) is 18.6. The van der Waals surface area contributed by atoms with Crippen LogP contribution in [0.3, 0.4) is 0 Å². The molecular formula is C12H14F3NOS. The van der Waals surface area contributed by atoms with Crippen LogP contribution in [0.5, 0.6) is 0 Å². The molecule has 18 heavy (non-hydrogen) atoms. The summed E-state index contributed by atoms with van der Waals surface area (Å²) in [4.78, 5) is 15.5. The number of nitrogens with zero attached hydrogens (tertiary/aromatic N) is 1. The van der Waals surface area contributed by atoms with E-state index in [0.717, 1.165) is 44.7 Å². The third kappa shape index (κ3) is 3.10. The smallest absolute Gasteiger partial charge is 0.293 e. The van der Waals surface area contributed by atoms with E-state index in [-0.39, 0.29) is 16.6 Å². The lowest BCUT2D eigenvalue weighted by Crippen LogP contribution is -2.12. The van der Waals surface area contributed by atoms with Crippen LogP contribution in [0.15, 0.2) is 6.20 Å². The predicted octanol–water partition coefficient (Wildman–Crippen LogP) is 4.32. The summed E-state index contributed by atoms with van der Waals surface area (Å²) >= 11 is 0.463. The third-order valence-electron chi connectivity index (χ3n) is 3.22. The molecule has 1 heterocycles. The van der Waals surface area contributed by atoms with Crippen molar-refractivity contribution in [1.82, 2.24) is 4.98 Å². The quantitative estimate of drug-likeness (QED) is 0.595. The molecule has 1 aliphatic carbocycles. The van der Waals surface area contributed by atoms with Gasteiger partial charge in [-0.05, 0) is 12.8 Å². The van der Waals surface area contributed by atoms with Crippen LogP contribution in [0, 0.1) is 5.92 Å². The fraction of sp³-hybridized carbons (Fsp3) is 0.667. The number of thiazole rings is 1. The molecule has 1 saturated carbocycles. The highest BCUT2D eigenvalue weighted by Crippen LogP contribution is 2.34. The van der Waals surface area contributed by atoms with Crippen molar-refractivity contribution < 1.29 is 18.0 Å². The van der Waals surface area contributed by atoms with Crippen molar-refractivity contribution in [3.8, 4) is 0 Å². The first kappa shape index (κ1) is 13.5. The van der Waals surface area contributed by atoms with Gasteiger partial charge in [0.05, 0.1) is 4.88 Å². The average Bonchev–Trinajstić information content (AvgIpc) is 2.65. The standard InChI is InChI=1S/C12H14F3NOS/c13-12(14,15)11-16-7-9(18-11)10(17)8-5-3-1-2-4-6-8/h7-8H,1-6H2. The molecule has 0 N–H and O–H groups in total.